The predicted molar refractivity (Wildman–Crippen MR) is 108 cm³/mol. The molecule has 1 amide bonds. The Bertz CT molecular complexity index is 737. The molecule has 2 rings (SSSR count). The first-order valence-electron chi connectivity index (χ1n) is 9.71. The summed E-state index contributed by atoms with van der Waals surface area (Å²) in [6, 6.07) is 6.05. The van der Waals surface area contributed by atoms with E-state index in [2.05, 4.69) is 10.3 Å². The van der Waals surface area contributed by atoms with Crippen molar-refractivity contribution < 1.29 is 22.8 Å². The topological polar surface area (TPSA) is 57.2 Å². The SMILES string of the molecule is CCCCN(CCCC)O/C=C1/N=C(C(F)(F)F)N(c2ccc(NC)cc2)C1=O. The average Bonchev–Trinajstić information content (AvgIpc) is 3.04. The van der Waals surface area contributed by atoms with Crippen LogP contribution in [0.4, 0.5) is 24.5 Å². The highest BCUT2D eigenvalue weighted by Crippen LogP contribution is 2.32. The Kier molecular flexibility index (Phi) is 8.07. The summed E-state index contributed by atoms with van der Waals surface area (Å²) < 4.78 is 40.5. The van der Waals surface area contributed by atoms with Gasteiger partial charge >= 0.3 is 6.18 Å². The zero-order chi connectivity index (χ0) is 21.4. The van der Waals surface area contributed by atoms with E-state index in [9.17, 15) is 18.0 Å². The number of halogens is 3. The number of unbranched alkanes of at least 4 members (excludes halogenated alkanes) is 2. The molecule has 0 spiro atoms. The Morgan fingerprint density at radius 2 is 1.72 bits per heavy atom. The van der Waals surface area contributed by atoms with Crippen molar-refractivity contribution in [3.8, 4) is 0 Å². The van der Waals surface area contributed by atoms with Crippen molar-refractivity contribution in [3.05, 3.63) is 36.2 Å². The van der Waals surface area contributed by atoms with E-state index in [1.807, 2.05) is 13.8 Å². The Labute approximate surface area is 169 Å². The maximum atomic E-state index is 13.5. The molecule has 0 aromatic heterocycles. The molecule has 1 aromatic rings. The molecule has 0 bridgehead atoms. The van der Waals surface area contributed by atoms with Crippen LogP contribution in [0.1, 0.15) is 39.5 Å². The van der Waals surface area contributed by atoms with Crippen molar-refractivity contribution in [1.82, 2.24) is 5.06 Å². The summed E-state index contributed by atoms with van der Waals surface area (Å²) in [5.41, 5.74) is 0.419. The number of carbonyl (C=O) groups excluding carboxylic acids is 1. The second-order valence-corrected chi connectivity index (χ2v) is 6.62. The minimum atomic E-state index is -4.78. The van der Waals surface area contributed by atoms with Gasteiger partial charge in [-0.15, -0.1) is 5.06 Å². The van der Waals surface area contributed by atoms with E-state index in [0.29, 0.717) is 23.7 Å². The Balaban J connectivity index is 2.27. The van der Waals surface area contributed by atoms with Crippen LogP contribution in [0, 0.1) is 0 Å². The molecule has 1 aliphatic rings. The number of hydrogen-bond acceptors (Lipinski definition) is 5. The molecule has 1 heterocycles. The maximum absolute atomic E-state index is 13.5. The molecule has 6 nitrogen and oxygen atoms in total. The number of benzene rings is 1. The van der Waals surface area contributed by atoms with Crippen molar-refractivity contribution >= 4 is 23.1 Å². The van der Waals surface area contributed by atoms with E-state index in [-0.39, 0.29) is 11.4 Å². The monoisotopic (exact) mass is 412 g/mol. The Morgan fingerprint density at radius 1 is 1.14 bits per heavy atom. The van der Waals surface area contributed by atoms with Gasteiger partial charge < -0.3 is 10.2 Å². The molecule has 0 aliphatic carbocycles. The van der Waals surface area contributed by atoms with Crippen LogP contribution in [-0.2, 0) is 9.63 Å². The molecule has 0 radical (unpaired) electrons. The van der Waals surface area contributed by atoms with Gasteiger partial charge in [-0.2, -0.15) is 13.2 Å². The van der Waals surface area contributed by atoms with Crippen LogP contribution in [0.3, 0.4) is 0 Å². The Hall–Kier alpha value is -2.55. The van der Waals surface area contributed by atoms with Gasteiger partial charge in [0.25, 0.3) is 5.91 Å². The van der Waals surface area contributed by atoms with Gasteiger partial charge in [0.2, 0.25) is 5.84 Å². The number of hydrogen-bond donors (Lipinski definition) is 1. The van der Waals surface area contributed by atoms with Gasteiger partial charge in [-0.1, -0.05) is 26.7 Å². The number of alkyl halides is 3. The summed E-state index contributed by atoms with van der Waals surface area (Å²) in [6.07, 6.45) is -0.107. The van der Waals surface area contributed by atoms with Crippen LogP contribution in [0.15, 0.2) is 41.2 Å². The van der Waals surface area contributed by atoms with E-state index in [0.717, 1.165) is 31.9 Å². The van der Waals surface area contributed by atoms with Gasteiger partial charge in [0.1, 0.15) is 6.26 Å². The zero-order valence-electron chi connectivity index (χ0n) is 16.9. The molecular weight excluding hydrogens is 385 g/mol. The highest BCUT2D eigenvalue weighted by atomic mass is 19.4. The molecule has 1 aliphatic heterocycles. The maximum Gasteiger partial charge on any atom is 0.450 e. The normalized spacial score (nSPS) is 16.0. The summed E-state index contributed by atoms with van der Waals surface area (Å²) in [4.78, 5) is 22.3. The summed E-state index contributed by atoms with van der Waals surface area (Å²) >= 11 is 0. The Morgan fingerprint density at radius 3 is 2.21 bits per heavy atom. The number of nitrogens with zero attached hydrogens (tertiary/aromatic N) is 3. The number of nitrogens with one attached hydrogen (secondary N) is 1. The molecule has 9 heteroatoms. The van der Waals surface area contributed by atoms with Gasteiger partial charge in [0.15, 0.2) is 5.70 Å². The zero-order valence-corrected chi connectivity index (χ0v) is 16.9. The fourth-order valence-corrected chi connectivity index (χ4v) is 2.72. The smallest absolute Gasteiger partial charge is 0.411 e. The second-order valence-electron chi connectivity index (χ2n) is 6.62. The average molecular weight is 412 g/mol. The molecule has 0 fully saturated rings. The van der Waals surface area contributed by atoms with Crippen molar-refractivity contribution in [1.29, 1.82) is 0 Å². The molecule has 1 N–H and O–H groups in total. The first-order valence-corrected chi connectivity index (χ1v) is 9.71. The molecular formula is C20H27F3N4O2. The third kappa shape index (κ3) is 5.96. The van der Waals surface area contributed by atoms with Gasteiger partial charge in [0.05, 0.1) is 5.69 Å². The van der Waals surface area contributed by atoms with Crippen molar-refractivity contribution in [2.75, 3.05) is 30.4 Å². The van der Waals surface area contributed by atoms with E-state index in [1.54, 1.807) is 24.2 Å². The second kappa shape index (κ2) is 10.3. The summed E-state index contributed by atoms with van der Waals surface area (Å²) in [5, 5.41) is 4.53. The number of anilines is 2. The van der Waals surface area contributed by atoms with E-state index in [4.69, 9.17) is 4.84 Å². The van der Waals surface area contributed by atoms with E-state index in [1.165, 1.54) is 12.1 Å². The van der Waals surface area contributed by atoms with Gasteiger partial charge in [0, 0.05) is 25.8 Å². The highest BCUT2D eigenvalue weighted by Gasteiger charge is 2.48. The lowest BCUT2D eigenvalue weighted by atomic mass is 10.2. The first-order chi connectivity index (χ1) is 13.8. The summed E-state index contributed by atoms with van der Waals surface area (Å²) in [5.74, 6) is -2.15. The fourth-order valence-electron chi connectivity index (χ4n) is 2.72. The quantitative estimate of drug-likeness (QED) is 0.344. The van der Waals surface area contributed by atoms with Crippen LogP contribution in [0.5, 0.6) is 0 Å². The van der Waals surface area contributed by atoms with Crippen LogP contribution in [0.2, 0.25) is 0 Å². The number of carbonyl (C=O) groups is 1. The van der Waals surface area contributed by atoms with Crippen molar-refractivity contribution in [3.63, 3.8) is 0 Å². The fraction of sp³-hybridized carbons (Fsp3) is 0.500. The van der Waals surface area contributed by atoms with Crippen LogP contribution in [-0.4, -0.2) is 43.1 Å². The lowest BCUT2D eigenvalue weighted by Crippen LogP contribution is -2.41. The number of rotatable bonds is 10. The van der Waals surface area contributed by atoms with Crippen molar-refractivity contribution in [2.45, 2.75) is 45.7 Å². The van der Waals surface area contributed by atoms with Gasteiger partial charge in [-0.05, 0) is 37.1 Å². The lowest BCUT2D eigenvalue weighted by Gasteiger charge is -2.21. The third-order valence-corrected chi connectivity index (χ3v) is 4.36. The standard InChI is InChI=1S/C20H27F3N4O2/c1-4-6-12-26(13-7-5-2)29-14-17-18(28)27(19(25-17)20(21,22)23)16-10-8-15(24-3)9-11-16/h8-11,14,24H,4-7,12-13H2,1-3H3/b17-14+. The first kappa shape index (κ1) is 22.7. The largest absolute Gasteiger partial charge is 0.450 e. The number of amidine groups is 1. The molecule has 160 valence electrons. The lowest BCUT2D eigenvalue weighted by molar-refractivity contribution is -0.117. The van der Waals surface area contributed by atoms with Crippen LogP contribution in [0.25, 0.3) is 0 Å². The summed E-state index contributed by atoms with van der Waals surface area (Å²) in [7, 11) is 1.69. The number of aliphatic imine (C=N–C) groups is 1. The molecule has 0 saturated carbocycles. The third-order valence-electron chi connectivity index (χ3n) is 4.36. The molecule has 0 atom stereocenters. The highest BCUT2D eigenvalue weighted by molar-refractivity contribution is 6.28. The van der Waals surface area contributed by atoms with E-state index < -0.39 is 17.9 Å². The van der Waals surface area contributed by atoms with Gasteiger partial charge in [-0.25, -0.2) is 4.99 Å². The minimum absolute atomic E-state index is 0.0855. The number of hydroxylamine groups is 2. The molecule has 0 saturated heterocycles. The molecule has 29 heavy (non-hydrogen) atoms. The molecule has 1 aromatic carbocycles. The predicted octanol–water partition coefficient (Wildman–Crippen LogP) is 4.71. The number of amides is 1. The summed E-state index contributed by atoms with van der Waals surface area (Å²) in [6.45, 7) is 5.32. The van der Waals surface area contributed by atoms with Gasteiger partial charge in [-0.3, -0.25) is 9.69 Å². The minimum Gasteiger partial charge on any atom is -0.411 e. The molecule has 0 unspecified atom stereocenters. The van der Waals surface area contributed by atoms with Crippen molar-refractivity contribution in [2.24, 2.45) is 4.99 Å². The van der Waals surface area contributed by atoms with E-state index >= 15 is 0 Å². The van der Waals surface area contributed by atoms with Crippen LogP contribution < -0.4 is 10.2 Å². The van der Waals surface area contributed by atoms with Crippen LogP contribution >= 0.6 is 0 Å².